The summed E-state index contributed by atoms with van der Waals surface area (Å²) in [6, 6.07) is 15.6. The van der Waals surface area contributed by atoms with Crippen molar-refractivity contribution in [1.82, 2.24) is 0 Å². The van der Waals surface area contributed by atoms with E-state index in [1.165, 1.54) is 6.07 Å². The molecule has 5 rings (SSSR count). The molecule has 0 bridgehead atoms. The number of hydrogen-bond acceptors (Lipinski definition) is 2. The van der Waals surface area contributed by atoms with Crippen LogP contribution in [0.1, 0.15) is 27.8 Å². The fourth-order valence-corrected chi connectivity index (χ4v) is 3.57. The van der Waals surface area contributed by atoms with E-state index in [9.17, 15) is 13.2 Å². The van der Waals surface area contributed by atoms with Crippen molar-refractivity contribution in [1.29, 1.82) is 0 Å². The lowest BCUT2D eigenvalue weighted by atomic mass is 9.93. The molecule has 5 heteroatoms. The minimum absolute atomic E-state index is 0.0930. The number of hydrogen-bond donors (Lipinski definition) is 0. The highest BCUT2D eigenvalue weighted by molar-refractivity contribution is 5.60. The third kappa shape index (κ3) is 2.35. The first-order valence-corrected chi connectivity index (χ1v) is 8.27. The molecule has 2 aliphatic rings. The van der Waals surface area contributed by atoms with Gasteiger partial charge in [-0.15, -0.1) is 0 Å². The quantitative estimate of drug-likeness (QED) is 0.335. The van der Waals surface area contributed by atoms with Crippen LogP contribution < -0.4 is 9.47 Å². The third-order valence-electron chi connectivity index (χ3n) is 4.81. The maximum atomic E-state index is 13.3. The molecule has 0 saturated carbocycles. The summed E-state index contributed by atoms with van der Waals surface area (Å²) in [7, 11) is 0. The van der Waals surface area contributed by atoms with Gasteiger partial charge >= 0.3 is 6.18 Å². The number of benzene rings is 3. The van der Waals surface area contributed by atoms with Crippen molar-refractivity contribution in [2.45, 2.75) is 19.0 Å². The maximum Gasteiger partial charge on any atom is 0.419 e. The molecule has 0 amide bonds. The average Bonchev–Trinajstić information content (AvgIpc) is 2.61. The highest BCUT2D eigenvalue weighted by Gasteiger charge is 2.37. The van der Waals surface area contributed by atoms with E-state index in [0.717, 1.165) is 34.3 Å². The predicted octanol–water partition coefficient (Wildman–Crippen LogP) is 6.10. The van der Waals surface area contributed by atoms with Crippen LogP contribution in [0.25, 0.3) is 0 Å². The van der Waals surface area contributed by atoms with E-state index in [0.29, 0.717) is 24.2 Å². The molecule has 3 aromatic carbocycles. The van der Waals surface area contributed by atoms with Gasteiger partial charge in [-0.1, -0.05) is 30.3 Å². The van der Waals surface area contributed by atoms with Crippen LogP contribution in [0, 0.1) is 0 Å². The van der Waals surface area contributed by atoms with Crippen LogP contribution in [0.2, 0.25) is 0 Å². The molecule has 0 aliphatic carbocycles. The largest absolute Gasteiger partial charge is 0.457 e. The summed E-state index contributed by atoms with van der Waals surface area (Å²) in [6.45, 7) is 0. The monoisotopic (exact) mass is 354 g/mol. The van der Waals surface area contributed by atoms with Crippen LogP contribution in [0.3, 0.4) is 0 Å². The van der Waals surface area contributed by atoms with Gasteiger partial charge in [-0.25, -0.2) is 0 Å². The molecule has 2 aliphatic heterocycles. The Kier molecular flexibility index (Phi) is 3.11. The van der Waals surface area contributed by atoms with E-state index in [1.807, 2.05) is 30.3 Å². The first kappa shape index (κ1) is 15.3. The molecular formula is C21H13F3O2. The summed E-state index contributed by atoms with van der Waals surface area (Å²) < 4.78 is 51.6. The zero-order chi connectivity index (χ0) is 17.9. The molecule has 0 fully saturated rings. The highest BCUT2D eigenvalue weighted by Crippen LogP contribution is 2.47. The van der Waals surface area contributed by atoms with Gasteiger partial charge < -0.3 is 9.47 Å². The first-order chi connectivity index (χ1) is 12.5. The van der Waals surface area contributed by atoms with Crippen molar-refractivity contribution in [3.63, 3.8) is 0 Å². The molecule has 2 heterocycles. The summed E-state index contributed by atoms with van der Waals surface area (Å²) >= 11 is 0. The number of ether oxygens (including phenoxy) is 2. The second-order valence-electron chi connectivity index (χ2n) is 6.52. The fraction of sp³-hybridized carbons (Fsp3) is 0.143. The second kappa shape index (κ2) is 5.27. The first-order valence-electron chi connectivity index (χ1n) is 8.27. The Morgan fingerprint density at radius 1 is 0.654 bits per heavy atom. The summed E-state index contributed by atoms with van der Waals surface area (Å²) in [5.74, 6) is 1.93. The number of alkyl halides is 3. The lowest BCUT2D eigenvalue weighted by molar-refractivity contribution is -0.138. The van der Waals surface area contributed by atoms with E-state index >= 15 is 0 Å². The maximum absolute atomic E-state index is 13.3. The molecule has 0 atom stereocenters. The number of para-hydroxylation sites is 2. The smallest absolute Gasteiger partial charge is 0.419 e. The predicted molar refractivity (Wildman–Crippen MR) is 90.1 cm³/mol. The van der Waals surface area contributed by atoms with Crippen LogP contribution in [-0.4, -0.2) is 0 Å². The summed E-state index contributed by atoms with van der Waals surface area (Å²) in [5, 5.41) is 0. The van der Waals surface area contributed by atoms with Crippen LogP contribution in [0.5, 0.6) is 23.0 Å². The van der Waals surface area contributed by atoms with Gasteiger partial charge in [-0.3, -0.25) is 0 Å². The minimum Gasteiger partial charge on any atom is -0.457 e. The van der Waals surface area contributed by atoms with Crippen molar-refractivity contribution >= 4 is 0 Å². The van der Waals surface area contributed by atoms with E-state index in [4.69, 9.17) is 9.47 Å². The van der Waals surface area contributed by atoms with Crippen LogP contribution in [0.15, 0.2) is 54.6 Å². The van der Waals surface area contributed by atoms with Crippen LogP contribution in [0.4, 0.5) is 13.2 Å². The van der Waals surface area contributed by atoms with Crippen molar-refractivity contribution in [3.8, 4) is 23.0 Å². The van der Waals surface area contributed by atoms with Gasteiger partial charge in [-0.2, -0.15) is 13.2 Å². The molecule has 0 N–H and O–H groups in total. The minimum atomic E-state index is -4.45. The van der Waals surface area contributed by atoms with Crippen molar-refractivity contribution in [3.05, 3.63) is 82.4 Å². The molecule has 2 nitrogen and oxygen atoms in total. The van der Waals surface area contributed by atoms with Gasteiger partial charge in [0.1, 0.15) is 23.0 Å². The zero-order valence-corrected chi connectivity index (χ0v) is 13.6. The molecule has 0 radical (unpaired) electrons. The molecule has 130 valence electrons. The Labute approximate surface area is 147 Å². The van der Waals surface area contributed by atoms with Gasteiger partial charge in [-0.05, 0) is 35.4 Å². The Morgan fingerprint density at radius 2 is 1.31 bits per heavy atom. The number of fused-ring (bicyclic) bond motifs is 4. The molecular weight excluding hydrogens is 341 g/mol. The lowest BCUT2D eigenvalue weighted by Crippen LogP contribution is -2.13. The zero-order valence-electron chi connectivity index (χ0n) is 13.6. The fourth-order valence-electron chi connectivity index (χ4n) is 3.57. The summed E-state index contributed by atoms with van der Waals surface area (Å²) in [5.41, 5.74) is 2.58. The van der Waals surface area contributed by atoms with E-state index in [-0.39, 0.29) is 5.75 Å². The third-order valence-corrected chi connectivity index (χ3v) is 4.81. The van der Waals surface area contributed by atoms with E-state index in [1.54, 1.807) is 12.1 Å². The van der Waals surface area contributed by atoms with Gasteiger partial charge in [0.15, 0.2) is 0 Å². The van der Waals surface area contributed by atoms with E-state index < -0.39 is 11.7 Å². The Bertz CT molecular complexity index is 1040. The van der Waals surface area contributed by atoms with Crippen molar-refractivity contribution < 1.29 is 22.6 Å². The molecule has 0 spiro atoms. The van der Waals surface area contributed by atoms with Crippen LogP contribution >= 0.6 is 0 Å². The SMILES string of the molecule is FC(F)(F)c1cccc2c1Oc1cc3c(cc1C2)Oc1ccccc1C3. The Hall–Kier alpha value is -2.95. The summed E-state index contributed by atoms with van der Waals surface area (Å²) in [4.78, 5) is 0. The molecule has 0 saturated heterocycles. The molecule has 3 aromatic rings. The summed E-state index contributed by atoms with van der Waals surface area (Å²) in [6.07, 6.45) is -3.40. The number of rotatable bonds is 0. The van der Waals surface area contributed by atoms with Gasteiger partial charge in [0.2, 0.25) is 0 Å². The second-order valence-corrected chi connectivity index (χ2v) is 6.52. The van der Waals surface area contributed by atoms with Gasteiger partial charge in [0.05, 0.1) is 5.56 Å². The topological polar surface area (TPSA) is 18.5 Å². The lowest BCUT2D eigenvalue weighted by Gasteiger charge is -2.27. The highest BCUT2D eigenvalue weighted by atomic mass is 19.4. The molecule has 0 aromatic heterocycles. The van der Waals surface area contributed by atoms with Crippen molar-refractivity contribution in [2.75, 3.05) is 0 Å². The normalized spacial score (nSPS) is 14.3. The van der Waals surface area contributed by atoms with Gasteiger partial charge in [0.25, 0.3) is 0 Å². The molecule has 0 unspecified atom stereocenters. The van der Waals surface area contributed by atoms with E-state index in [2.05, 4.69) is 0 Å². The van der Waals surface area contributed by atoms with Gasteiger partial charge in [0, 0.05) is 24.0 Å². The Morgan fingerprint density at radius 3 is 2.08 bits per heavy atom. The standard InChI is InChI=1S/C21H13F3O2/c22-21(23,24)16-6-3-5-13-9-15-10-18-14(11-19(15)26-20(13)16)8-12-4-1-2-7-17(12)25-18/h1-7,10-11H,8-9H2. The number of halogens is 3. The van der Waals surface area contributed by atoms with Crippen LogP contribution in [-0.2, 0) is 19.0 Å². The average molecular weight is 354 g/mol. The molecule has 26 heavy (non-hydrogen) atoms. The Balaban J connectivity index is 1.58. The van der Waals surface area contributed by atoms with Crippen molar-refractivity contribution in [2.24, 2.45) is 0 Å².